The van der Waals surface area contributed by atoms with Crippen LogP contribution in [0, 0.1) is 0 Å². The van der Waals surface area contributed by atoms with Crippen molar-refractivity contribution in [2.75, 3.05) is 0 Å². The van der Waals surface area contributed by atoms with Crippen LogP contribution in [0.2, 0.25) is 0 Å². The molecular formula is C45H32BrN. The van der Waals surface area contributed by atoms with Crippen LogP contribution < -0.4 is 0 Å². The number of hydrogen-bond acceptors (Lipinski definition) is 0. The average molecular weight is 667 g/mol. The standard InChI is InChI=1S/C45H32BrN/c1-45(2,30-15-12-16-32(46)27-30)31-25-26-42-40(28-31)34-18-9-10-24-41(34)47(42)44-38-21-7-5-19-36(38)43(37-20-6-8-22-39(37)44)35-23-11-14-29-13-3-4-17-33(29)35/h3-28H,1-2H3. The summed E-state index contributed by atoms with van der Waals surface area (Å²) in [6, 6.07) is 58.0. The van der Waals surface area contributed by atoms with Crippen molar-refractivity contribution in [3.8, 4) is 16.8 Å². The second kappa shape index (κ2) is 10.7. The van der Waals surface area contributed by atoms with Gasteiger partial charge in [0.1, 0.15) is 0 Å². The highest BCUT2D eigenvalue weighted by Crippen LogP contribution is 2.46. The molecule has 47 heavy (non-hydrogen) atoms. The highest BCUT2D eigenvalue weighted by molar-refractivity contribution is 9.10. The monoisotopic (exact) mass is 665 g/mol. The third-order valence-corrected chi connectivity index (χ3v) is 10.6. The molecule has 0 fully saturated rings. The smallest absolute Gasteiger partial charge is 0.0619 e. The summed E-state index contributed by atoms with van der Waals surface area (Å²) in [4.78, 5) is 0. The van der Waals surface area contributed by atoms with Gasteiger partial charge in [0.25, 0.3) is 0 Å². The largest absolute Gasteiger partial charge is 0.308 e. The van der Waals surface area contributed by atoms with Gasteiger partial charge in [-0.25, -0.2) is 0 Å². The Morgan fingerprint density at radius 1 is 0.447 bits per heavy atom. The molecule has 0 amide bonds. The predicted molar refractivity (Wildman–Crippen MR) is 205 cm³/mol. The molecule has 9 aromatic rings. The number of benzene rings is 8. The Labute approximate surface area is 282 Å². The van der Waals surface area contributed by atoms with Gasteiger partial charge in [0, 0.05) is 31.4 Å². The number of para-hydroxylation sites is 1. The van der Waals surface area contributed by atoms with Crippen LogP contribution in [-0.2, 0) is 5.41 Å². The highest BCUT2D eigenvalue weighted by Gasteiger charge is 2.26. The number of nitrogens with zero attached hydrogens (tertiary/aromatic N) is 1. The predicted octanol–water partition coefficient (Wildman–Crippen LogP) is 13.0. The van der Waals surface area contributed by atoms with E-state index in [-0.39, 0.29) is 5.41 Å². The second-order valence-electron chi connectivity index (χ2n) is 13.1. The van der Waals surface area contributed by atoms with Crippen molar-refractivity contribution in [3.63, 3.8) is 0 Å². The summed E-state index contributed by atoms with van der Waals surface area (Å²) >= 11 is 3.70. The summed E-state index contributed by atoms with van der Waals surface area (Å²) in [6.07, 6.45) is 0. The molecule has 0 N–H and O–H groups in total. The molecule has 0 unspecified atom stereocenters. The van der Waals surface area contributed by atoms with Crippen molar-refractivity contribution in [2.24, 2.45) is 0 Å². The van der Waals surface area contributed by atoms with Gasteiger partial charge in [-0.05, 0) is 74.1 Å². The van der Waals surface area contributed by atoms with Crippen LogP contribution in [0.4, 0.5) is 0 Å². The molecule has 1 heterocycles. The lowest BCUT2D eigenvalue weighted by Gasteiger charge is -2.26. The van der Waals surface area contributed by atoms with Crippen molar-refractivity contribution in [1.82, 2.24) is 4.57 Å². The Balaban J connectivity index is 1.39. The first-order valence-electron chi connectivity index (χ1n) is 16.2. The molecule has 1 aromatic heterocycles. The van der Waals surface area contributed by atoms with Crippen molar-refractivity contribution in [2.45, 2.75) is 19.3 Å². The van der Waals surface area contributed by atoms with Crippen LogP contribution in [0.1, 0.15) is 25.0 Å². The van der Waals surface area contributed by atoms with E-state index < -0.39 is 0 Å². The van der Waals surface area contributed by atoms with E-state index in [4.69, 9.17) is 0 Å². The summed E-state index contributed by atoms with van der Waals surface area (Å²) in [5.41, 5.74) is 8.63. The molecule has 0 spiro atoms. The molecule has 0 aliphatic rings. The molecule has 8 aromatic carbocycles. The molecular weight excluding hydrogens is 634 g/mol. The fourth-order valence-electron chi connectivity index (χ4n) is 7.73. The van der Waals surface area contributed by atoms with Gasteiger partial charge in [-0.3, -0.25) is 0 Å². The van der Waals surface area contributed by atoms with Gasteiger partial charge in [-0.15, -0.1) is 0 Å². The van der Waals surface area contributed by atoms with E-state index in [2.05, 4.69) is 192 Å². The maximum absolute atomic E-state index is 3.70. The Morgan fingerprint density at radius 3 is 1.72 bits per heavy atom. The van der Waals surface area contributed by atoms with Crippen LogP contribution in [0.5, 0.6) is 0 Å². The van der Waals surface area contributed by atoms with E-state index >= 15 is 0 Å². The third-order valence-electron chi connectivity index (χ3n) is 10.1. The third kappa shape index (κ3) is 4.28. The number of fused-ring (bicyclic) bond motifs is 6. The fraction of sp³-hybridized carbons (Fsp3) is 0.0667. The lowest BCUT2D eigenvalue weighted by Crippen LogP contribution is -2.18. The minimum atomic E-state index is -0.166. The van der Waals surface area contributed by atoms with E-state index in [1.54, 1.807) is 0 Å². The Kier molecular flexibility index (Phi) is 6.38. The van der Waals surface area contributed by atoms with Crippen LogP contribution in [0.15, 0.2) is 162 Å². The molecule has 0 saturated heterocycles. The van der Waals surface area contributed by atoms with E-state index in [1.807, 2.05) is 0 Å². The highest BCUT2D eigenvalue weighted by atomic mass is 79.9. The van der Waals surface area contributed by atoms with Crippen molar-refractivity contribution in [1.29, 1.82) is 0 Å². The van der Waals surface area contributed by atoms with E-state index in [9.17, 15) is 0 Å². The molecule has 9 rings (SSSR count). The Hall–Kier alpha value is -5.18. The summed E-state index contributed by atoms with van der Waals surface area (Å²) in [5.74, 6) is 0. The zero-order chi connectivity index (χ0) is 31.7. The number of aromatic nitrogens is 1. The molecule has 0 radical (unpaired) electrons. The van der Waals surface area contributed by atoms with Crippen LogP contribution in [-0.4, -0.2) is 4.57 Å². The van der Waals surface area contributed by atoms with Crippen molar-refractivity contribution < 1.29 is 0 Å². The number of halogens is 1. The van der Waals surface area contributed by atoms with Crippen LogP contribution in [0.25, 0.3) is 70.9 Å². The zero-order valence-corrected chi connectivity index (χ0v) is 27.9. The van der Waals surface area contributed by atoms with Gasteiger partial charge in [0.05, 0.1) is 16.7 Å². The number of rotatable bonds is 4. The van der Waals surface area contributed by atoms with Gasteiger partial charge >= 0.3 is 0 Å². The van der Waals surface area contributed by atoms with E-state index in [0.29, 0.717) is 0 Å². The molecule has 224 valence electrons. The maximum Gasteiger partial charge on any atom is 0.0619 e. The van der Waals surface area contributed by atoms with Crippen LogP contribution in [0.3, 0.4) is 0 Å². The summed E-state index contributed by atoms with van der Waals surface area (Å²) in [6.45, 7) is 4.64. The lowest BCUT2D eigenvalue weighted by molar-refractivity contribution is 0.641. The summed E-state index contributed by atoms with van der Waals surface area (Å²) in [5, 5.41) is 10.1. The number of hydrogen-bond donors (Lipinski definition) is 0. The fourth-order valence-corrected chi connectivity index (χ4v) is 8.13. The van der Waals surface area contributed by atoms with Crippen molar-refractivity contribution in [3.05, 3.63) is 173 Å². The molecule has 0 aliphatic carbocycles. The summed E-state index contributed by atoms with van der Waals surface area (Å²) in [7, 11) is 0. The molecule has 1 nitrogen and oxygen atoms in total. The SMILES string of the molecule is CC(C)(c1cccc(Br)c1)c1ccc2c(c1)c1ccccc1n2-c1c2ccccc2c(-c2cccc3ccccc23)c2ccccc12. The maximum atomic E-state index is 3.70. The summed E-state index contributed by atoms with van der Waals surface area (Å²) < 4.78 is 3.62. The molecule has 0 aliphatic heterocycles. The van der Waals surface area contributed by atoms with Gasteiger partial charge in [-0.1, -0.05) is 157 Å². The molecule has 0 atom stereocenters. The molecule has 0 bridgehead atoms. The van der Waals surface area contributed by atoms with Crippen LogP contribution >= 0.6 is 15.9 Å². The van der Waals surface area contributed by atoms with E-state index in [0.717, 1.165) is 4.47 Å². The normalized spacial score (nSPS) is 12.1. The first kappa shape index (κ1) is 28.1. The Bertz CT molecular complexity index is 2610. The average Bonchev–Trinajstić information content (AvgIpc) is 3.44. The second-order valence-corrected chi connectivity index (χ2v) is 14.0. The van der Waals surface area contributed by atoms with Crippen molar-refractivity contribution >= 4 is 70.1 Å². The van der Waals surface area contributed by atoms with Gasteiger partial charge in [0.2, 0.25) is 0 Å². The lowest BCUT2D eigenvalue weighted by atomic mass is 9.78. The topological polar surface area (TPSA) is 4.93 Å². The van der Waals surface area contributed by atoms with Gasteiger partial charge in [-0.2, -0.15) is 0 Å². The first-order chi connectivity index (χ1) is 23.0. The minimum absolute atomic E-state index is 0.166. The minimum Gasteiger partial charge on any atom is -0.308 e. The Morgan fingerprint density at radius 2 is 1.00 bits per heavy atom. The van der Waals surface area contributed by atoms with Gasteiger partial charge < -0.3 is 4.57 Å². The zero-order valence-electron chi connectivity index (χ0n) is 26.3. The molecule has 0 saturated carbocycles. The first-order valence-corrected chi connectivity index (χ1v) is 17.0. The van der Waals surface area contributed by atoms with Gasteiger partial charge in [0.15, 0.2) is 0 Å². The molecule has 2 heteroatoms. The quantitative estimate of drug-likeness (QED) is 0.165. The van der Waals surface area contributed by atoms with E-state index in [1.165, 1.54) is 82.1 Å².